The van der Waals surface area contributed by atoms with Crippen molar-refractivity contribution in [3.63, 3.8) is 0 Å². The Hall–Kier alpha value is -3.06. The minimum absolute atomic E-state index is 0.0555. The number of likely N-dealkylation sites (tertiary alicyclic amines) is 1. The molecule has 0 bridgehead atoms. The third kappa shape index (κ3) is 6.98. The van der Waals surface area contributed by atoms with Crippen LogP contribution in [0.25, 0.3) is 0 Å². The van der Waals surface area contributed by atoms with Crippen LogP contribution in [0.2, 0.25) is 5.02 Å². The predicted molar refractivity (Wildman–Crippen MR) is 137 cm³/mol. The van der Waals surface area contributed by atoms with Crippen LogP contribution in [0.4, 0.5) is 10.5 Å². The fourth-order valence-corrected chi connectivity index (χ4v) is 4.99. The molecule has 0 aliphatic carbocycles. The summed E-state index contributed by atoms with van der Waals surface area (Å²) in [6.07, 6.45) is 3.39. The first-order valence-corrected chi connectivity index (χ1v) is 12.8. The van der Waals surface area contributed by atoms with Crippen molar-refractivity contribution >= 4 is 35.1 Å². The molecule has 0 spiro atoms. The van der Waals surface area contributed by atoms with Gasteiger partial charge in [-0.25, -0.2) is 4.79 Å². The Morgan fingerprint density at radius 3 is 2.29 bits per heavy atom. The second kappa shape index (κ2) is 12.1. The molecule has 2 saturated heterocycles. The summed E-state index contributed by atoms with van der Waals surface area (Å²) in [5.74, 6) is 0.259. The number of hydrogen-bond donors (Lipinski definition) is 1. The number of benzene rings is 2. The number of amides is 4. The number of piperidine rings is 1. The summed E-state index contributed by atoms with van der Waals surface area (Å²) in [5.41, 5.74) is 1.83. The fourth-order valence-electron chi connectivity index (χ4n) is 4.80. The molecule has 7 nitrogen and oxygen atoms in total. The number of nitrogens with one attached hydrogen (secondary N) is 1. The van der Waals surface area contributed by atoms with E-state index in [0.29, 0.717) is 69.2 Å². The summed E-state index contributed by atoms with van der Waals surface area (Å²) in [6, 6.07) is 16.9. The quantitative estimate of drug-likeness (QED) is 0.671. The number of carbonyl (C=O) groups excluding carboxylic acids is 3. The van der Waals surface area contributed by atoms with Crippen molar-refractivity contribution in [2.75, 3.05) is 44.6 Å². The number of rotatable bonds is 5. The van der Waals surface area contributed by atoms with Crippen molar-refractivity contribution < 1.29 is 14.4 Å². The van der Waals surface area contributed by atoms with Crippen molar-refractivity contribution in [2.24, 2.45) is 5.92 Å². The molecule has 4 rings (SSSR count). The maximum Gasteiger partial charge on any atom is 0.321 e. The van der Waals surface area contributed by atoms with Crippen molar-refractivity contribution in [1.82, 2.24) is 14.7 Å². The molecular weight excluding hydrogens is 464 g/mol. The molecule has 0 saturated carbocycles. The van der Waals surface area contributed by atoms with Crippen LogP contribution in [0.15, 0.2) is 54.6 Å². The maximum absolute atomic E-state index is 13.2. The standard InChI is InChI=1S/C27H33ClN4O3/c28-23-8-4-9-24(20-23)29-27(35)32-15-5-14-31(18-19-32)26(34)22-12-16-30(17-13-22)25(33)11-10-21-6-2-1-3-7-21/h1-4,6-9,20,22H,5,10-19H2,(H,29,35). The molecular formula is C27H33ClN4O3. The molecule has 2 aromatic rings. The van der Waals surface area contributed by atoms with E-state index in [4.69, 9.17) is 11.6 Å². The van der Waals surface area contributed by atoms with E-state index in [9.17, 15) is 14.4 Å². The van der Waals surface area contributed by atoms with Crippen molar-refractivity contribution in [3.05, 3.63) is 65.2 Å². The monoisotopic (exact) mass is 496 g/mol. The molecule has 35 heavy (non-hydrogen) atoms. The molecule has 2 fully saturated rings. The molecule has 8 heteroatoms. The zero-order chi connectivity index (χ0) is 24.6. The Bertz CT molecular complexity index is 1020. The Morgan fingerprint density at radius 1 is 0.829 bits per heavy atom. The van der Waals surface area contributed by atoms with Crippen LogP contribution >= 0.6 is 11.6 Å². The van der Waals surface area contributed by atoms with E-state index in [1.165, 1.54) is 5.56 Å². The zero-order valence-corrected chi connectivity index (χ0v) is 20.8. The summed E-state index contributed by atoms with van der Waals surface area (Å²) in [5, 5.41) is 3.45. The third-order valence-corrected chi connectivity index (χ3v) is 7.07. The number of anilines is 1. The van der Waals surface area contributed by atoms with Crippen molar-refractivity contribution in [1.29, 1.82) is 0 Å². The second-order valence-corrected chi connectivity index (χ2v) is 9.68. The minimum atomic E-state index is -0.177. The highest BCUT2D eigenvalue weighted by Crippen LogP contribution is 2.22. The molecule has 4 amide bonds. The number of halogens is 1. The van der Waals surface area contributed by atoms with Crippen LogP contribution in [-0.2, 0) is 16.0 Å². The molecule has 2 heterocycles. The smallest absolute Gasteiger partial charge is 0.321 e. The number of aryl methyl sites for hydroxylation is 1. The highest BCUT2D eigenvalue weighted by Gasteiger charge is 2.31. The van der Waals surface area contributed by atoms with E-state index in [1.807, 2.05) is 40.1 Å². The second-order valence-electron chi connectivity index (χ2n) is 9.25. The average molecular weight is 497 g/mol. The molecule has 0 aromatic heterocycles. The summed E-state index contributed by atoms with van der Waals surface area (Å²) in [4.78, 5) is 44.0. The Labute approximate surface area is 212 Å². The van der Waals surface area contributed by atoms with Gasteiger partial charge in [-0.2, -0.15) is 0 Å². The van der Waals surface area contributed by atoms with E-state index in [2.05, 4.69) is 5.32 Å². The molecule has 1 N–H and O–H groups in total. The number of urea groups is 1. The van der Waals surface area contributed by atoms with E-state index in [1.54, 1.807) is 29.2 Å². The lowest BCUT2D eigenvalue weighted by molar-refractivity contribution is -0.140. The van der Waals surface area contributed by atoms with Gasteiger partial charge in [0.15, 0.2) is 0 Å². The topological polar surface area (TPSA) is 73.0 Å². The Morgan fingerprint density at radius 2 is 1.54 bits per heavy atom. The maximum atomic E-state index is 13.2. The van der Waals surface area contributed by atoms with Gasteiger partial charge < -0.3 is 20.0 Å². The first-order valence-electron chi connectivity index (χ1n) is 12.4. The Kier molecular flexibility index (Phi) is 8.64. The van der Waals surface area contributed by atoms with Gasteiger partial charge in [0.2, 0.25) is 11.8 Å². The van der Waals surface area contributed by atoms with Crippen molar-refractivity contribution in [2.45, 2.75) is 32.1 Å². The minimum Gasteiger partial charge on any atom is -0.343 e. The summed E-state index contributed by atoms with van der Waals surface area (Å²) < 4.78 is 0. The van der Waals surface area contributed by atoms with Gasteiger partial charge >= 0.3 is 6.03 Å². The molecule has 186 valence electrons. The highest BCUT2D eigenvalue weighted by atomic mass is 35.5. The average Bonchev–Trinajstić information content (AvgIpc) is 3.14. The predicted octanol–water partition coefficient (Wildman–Crippen LogP) is 4.28. The van der Waals surface area contributed by atoms with Gasteiger partial charge in [-0.1, -0.05) is 48.0 Å². The Balaban J connectivity index is 1.21. The summed E-state index contributed by atoms with van der Waals surface area (Å²) in [7, 11) is 0. The third-order valence-electron chi connectivity index (χ3n) is 6.84. The fraction of sp³-hybridized carbons (Fsp3) is 0.444. The molecule has 2 aliphatic heterocycles. The van der Waals surface area contributed by atoms with Crippen LogP contribution in [0.3, 0.4) is 0 Å². The van der Waals surface area contributed by atoms with Crippen LogP contribution in [0.1, 0.15) is 31.2 Å². The number of carbonyl (C=O) groups is 3. The van der Waals surface area contributed by atoms with Crippen LogP contribution in [-0.4, -0.2) is 71.8 Å². The van der Waals surface area contributed by atoms with E-state index in [-0.39, 0.29) is 23.8 Å². The van der Waals surface area contributed by atoms with Gasteiger partial charge in [-0.05, 0) is 49.4 Å². The lowest BCUT2D eigenvalue weighted by Crippen LogP contribution is -2.45. The first kappa shape index (κ1) is 25.0. The van der Waals surface area contributed by atoms with Gasteiger partial charge in [0, 0.05) is 62.3 Å². The molecule has 2 aromatic carbocycles. The van der Waals surface area contributed by atoms with Gasteiger partial charge in [-0.15, -0.1) is 0 Å². The first-order chi connectivity index (χ1) is 17.0. The summed E-state index contributed by atoms with van der Waals surface area (Å²) >= 11 is 6.00. The normalized spacial score (nSPS) is 17.1. The molecule has 0 atom stereocenters. The van der Waals surface area contributed by atoms with Gasteiger partial charge in [0.25, 0.3) is 0 Å². The van der Waals surface area contributed by atoms with Crippen LogP contribution < -0.4 is 5.32 Å². The van der Waals surface area contributed by atoms with Gasteiger partial charge in [-0.3, -0.25) is 9.59 Å². The van der Waals surface area contributed by atoms with Crippen LogP contribution in [0, 0.1) is 5.92 Å². The molecule has 2 aliphatic rings. The van der Waals surface area contributed by atoms with Gasteiger partial charge in [0.1, 0.15) is 0 Å². The SMILES string of the molecule is O=C(CCc1ccccc1)N1CCC(C(=O)N2CCCN(C(=O)Nc3cccc(Cl)c3)CC2)CC1. The van der Waals surface area contributed by atoms with Gasteiger partial charge in [0.05, 0.1) is 0 Å². The van der Waals surface area contributed by atoms with E-state index >= 15 is 0 Å². The summed E-state index contributed by atoms with van der Waals surface area (Å²) in [6.45, 7) is 3.53. The highest BCUT2D eigenvalue weighted by molar-refractivity contribution is 6.30. The van der Waals surface area contributed by atoms with E-state index in [0.717, 1.165) is 12.8 Å². The van der Waals surface area contributed by atoms with E-state index < -0.39 is 0 Å². The lowest BCUT2D eigenvalue weighted by atomic mass is 9.94. The number of nitrogens with zero attached hydrogens (tertiary/aromatic N) is 3. The number of hydrogen-bond acceptors (Lipinski definition) is 3. The zero-order valence-electron chi connectivity index (χ0n) is 20.0. The van der Waals surface area contributed by atoms with Crippen LogP contribution in [0.5, 0.6) is 0 Å². The molecule has 0 unspecified atom stereocenters. The lowest BCUT2D eigenvalue weighted by Gasteiger charge is -2.34. The van der Waals surface area contributed by atoms with Crippen molar-refractivity contribution in [3.8, 4) is 0 Å². The molecule has 0 radical (unpaired) electrons. The largest absolute Gasteiger partial charge is 0.343 e.